The quantitative estimate of drug-likeness (QED) is 0.321. The van der Waals surface area contributed by atoms with Gasteiger partial charge >= 0.3 is 5.97 Å². The van der Waals surface area contributed by atoms with E-state index < -0.39 is 28.3 Å². The Labute approximate surface area is 203 Å². The number of nitrogens with two attached hydrogens (primary N) is 1. The second-order valence-electron chi connectivity index (χ2n) is 9.09. The molecule has 0 saturated carbocycles. The molecule has 0 fully saturated rings. The Morgan fingerprint density at radius 2 is 1.82 bits per heavy atom. The van der Waals surface area contributed by atoms with E-state index in [-0.39, 0.29) is 26.0 Å². The Hall–Kier alpha value is -3.33. The average Bonchev–Trinajstić information content (AvgIpc) is 3.13. The van der Waals surface area contributed by atoms with Crippen LogP contribution in [0.1, 0.15) is 65.5 Å². The van der Waals surface area contributed by atoms with Crippen LogP contribution < -0.4 is 10.5 Å². The van der Waals surface area contributed by atoms with Crippen molar-refractivity contribution < 1.29 is 28.7 Å². The number of hydrogen-bond acceptors (Lipinski definition) is 7. The normalized spacial score (nSPS) is 14.8. The van der Waals surface area contributed by atoms with Crippen molar-refractivity contribution in [2.75, 3.05) is 0 Å². The Morgan fingerprint density at radius 3 is 2.41 bits per heavy atom. The molecule has 2 aromatic rings. The maximum Gasteiger partial charge on any atom is 0.306 e. The summed E-state index contributed by atoms with van der Waals surface area (Å²) in [6.07, 6.45) is 0.531. The van der Waals surface area contributed by atoms with Crippen molar-refractivity contribution in [3.63, 3.8) is 0 Å². The van der Waals surface area contributed by atoms with E-state index in [9.17, 15) is 19.2 Å². The number of hydrogen-bond donors (Lipinski definition) is 2. The number of primary amides is 1. The number of rotatable bonds is 9. The summed E-state index contributed by atoms with van der Waals surface area (Å²) < 4.78 is 11.3. The molecule has 2 aromatic carbocycles. The van der Waals surface area contributed by atoms with E-state index in [1.54, 1.807) is 63.2 Å². The summed E-state index contributed by atoms with van der Waals surface area (Å²) in [6.45, 7) is 5.50. The number of amides is 2. The standard InChI is InChI=1S/C25H28N2O6S/c1-24(2,3)33-21(29)11-12-25(34,23(26)31)27-13-19-18(22(27)30)5-4-6-20(19)32-15-17-9-7-16(14-28)8-10-17/h4-10,14,34H,11-13,15H2,1-3H3,(H2,26,31)/t25-/m0/s1. The highest BCUT2D eigenvalue weighted by molar-refractivity contribution is 7.82. The first-order chi connectivity index (χ1) is 15.9. The molecule has 1 aliphatic rings. The van der Waals surface area contributed by atoms with Crippen LogP contribution in [0.2, 0.25) is 0 Å². The monoisotopic (exact) mass is 484 g/mol. The van der Waals surface area contributed by atoms with E-state index in [0.29, 0.717) is 22.4 Å². The van der Waals surface area contributed by atoms with Gasteiger partial charge in [0.2, 0.25) is 0 Å². The third kappa shape index (κ3) is 5.59. The highest BCUT2D eigenvalue weighted by atomic mass is 32.1. The van der Waals surface area contributed by atoms with Crippen molar-refractivity contribution in [2.24, 2.45) is 5.73 Å². The SMILES string of the molecule is CC(C)(C)OC(=O)CC[C@](S)(C(N)=O)N1Cc2c(OCc3ccc(C=O)cc3)cccc2C1=O. The van der Waals surface area contributed by atoms with Crippen LogP contribution in [-0.4, -0.2) is 39.4 Å². The smallest absolute Gasteiger partial charge is 0.306 e. The fourth-order valence-electron chi connectivity index (χ4n) is 3.65. The van der Waals surface area contributed by atoms with E-state index in [1.807, 2.05) is 0 Å². The molecule has 3 rings (SSSR count). The Morgan fingerprint density at radius 1 is 1.15 bits per heavy atom. The zero-order valence-electron chi connectivity index (χ0n) is 19.4. The molecule has 0 aliphatic carbocycles. The summed E-state index contributed by atoms with van der Waals surface area (Å²) >= 11 is 4.47. The number of esters is 1. The topological polar surface area (TPSA) is 116 Å². The third-order valence-corrected chi connectivity index (χ3v) is 6.06. The van der Waals surface area contributed by atoms with E-state index >= 15 is 0 Å². The number of nitrogens with zero attached hydrogens (tertiary/aromatic N) is 1. The maximum atomic E-state index is 13.2. The third-order valence-electron chi connectivity index (χ3n) is 5.37. The van der Waals surface area contributed by atoms with Crippen LogP contribution in [0.25, 0.3) is 0 Å². The average molecular weight is 485 g/mol. The fraction of sp³-hybridized carbons (Fsp3) is 0.360. The molecule has 0 unspecified atom stereocenters. The highest BCUT2D eigenvalue weighted by Crippen LogP contribution is 2.38. The summed E-state index contributed by atoms with van der Waals surface area (Å²) in [5.41, 5.74) is 7.36. The van der Waals surface area contributed by atoms with Crippen molar-refractivity contribution in [3.05, 3.63) is 64.7 Å². The molecule has 2 N–H and O–H groups in total. The largest absolute Gasteiger partial charge is 0.489 e. The van der Waals surface area contributed by atoms with Gasteiger partial charge in [-0.3, -0.25) is 19.2 Å². The zero-order valence-corrected chi connectivity index (χ0v) is 20.3. The minimum Gasteiger partial charge on any atom is -0.489 e. The Kier molecular flexibility index (Phi) is 7.35. The molecule has 2 amide bonds. The number of fused-ring (bicyclic) bond motifs is 1. The fourth-order valence-corrected chi connectivity index (χ4v) is 3.93. The lowest BCUT2D eigenvalue weighted by Gasteiger charge is -2.35. The van der Waals surface area contributed by atoms with Crippen LogP contribution in [0.3, 0.4) is 0 Å². The molecule has 9 heteroatoms. The molecule has 1 aliphatic heterocycles. The second-order valence-corrected chi connectivity index (χ2v) is 9.83. The molecule has 180 valence electrons. The molecule has 1 heterocycles. The van der Waals surface area contributed by atoms with E-state index in [2.05, 4.69) is 12.6 Å². The second kappa shape index (κ2) is 9.89. The lowest BCUT2D eigenvalue weighted by atomic mass is 10.1. The summed E-state index contributed by atoms with van der Waals surface area (Å²) in [5.74, 6) is -1.28. The van der Waals surface area contributed by atoms with Gasteiger partial charge in [0.15, 0.2) is 4.87 Å². The Bertz CT molecular complexity index is 1110. The highest BCUT2D eigenvalue weighted by Gasteiger charge is 2.47. The van der Waals surface area contributed by atoms with Gasteiger partial charge in [0.25, 0.3) is 11.8 Å². The van der Waals surface area contributed by atoms with Gasteiger partial charge in [0, 0.05) is 23.1 Å². The number of benzene rings is 2. The van der Waals surface area contributed by atoms with Crippen LogP contribution in [0.4, 0.5) is 0 Å². The van der Waals surface area contributed by atoms with E-state index in [4.69, 9.17) is 15.2 Å². The number of aldehydes is 1. The lowest BCUT2D eigenvalue weighted by molar-refractivity contribution is -0.155. The number of thiol groups is 1. The number of ether oxygens (including phenoxy) is 2. The van der Waals surface area contributed by atoms with Gasteiger partial charge < -0.3 is 20.1 Å². The van der Waals surface area contributed by atoms with Crippen molar-refractivity contribution >= 4 is 36.7 Å². The zero-order chi connectivity index (χ0) is 25.1. The molecule has 0 bridgehead atoms. The Balaban J connectivity index is 1.77. The lowest BCUT2D eigenvalue weighted by Crippen LogP contribution is -2.54. The van der Waals surface area contributed by atoms with Crippen LogP contribution in [-0.2, 0) is 27.5 Å². The first-order valence-corrected chi connectivity index (χ1v) is 11.2. The number of carbonyl (C=O) groups is 4. The predicted molar refractivity (Wildman–Crippen MR) is 128 cm³/mol. The molecule has 0 saturated heterocycles. The van der Waals surface area contributed by atoms with Gasteiger partial charge in [-0.15, -0.1) is 12.6 Å². The van der Waals surface area contributed by atoms with Gasteiger partial charge in [0.1, 0.15) is 24.2 Å². The molecular formula is C25H28N2O6S. The van der Waals surface area contributed by atoms with Crippen molar-refractivity contribution in [2.45, 2.75) is 57.2 Å². The summed E-state index contributed by atoms with van der Waals surface area (Å²) in [7, 11) is 0. The van der Waals surface area contributed by atoms with Gasteiger partial charge in [0.05, 0.1) is 6.54 Å². The van der Waals surface area contributed by atoms with Gasteiger partial charge in [-0.05, 0) is 44.9 Å². The predicted octanol–water partition coefficient (Wildman–Crippen LogP) is 3.27. The van der Waals surface area contributed by atoms with Gasteiger partial charge in [-0.1, -0.05) is 30.3 Å². The summed E-state index contributed by atoms with van der Waals surface area (Å²) in [4.78, 5) is 48.2. The number of carbonyl (C=O) groups excluding carboxylic acids is 4. The van der Waals surface area contributed by atoms with Crippen LogP contribution >= 0.6 is 12.6 Å². The molecule has 0 spiro atoms. The maximum absolute atomic E-state index is 13.2. The first-order valence-electron chi connectivity index (χ1n) is 10.8. The van der Waals surface area contributed by atoms with Crippen LogP contribution in [0.5, 0.6) is 5.75 Å². The van der Waals surface area contributed by atoms with E-state index in [1.165, 1.54) is 4.90 Å². The minimum absolute atomic E-state index is 0.0508. The molecule has 0 radical (unpaired) electrons. The van der Waals surface area contributed by atoms with Crippen LogP contribution in [0.15, 0.2) is 42.5 Å². The van der Waals surface area contributed by atoms with Crippen molar-refractivity contribution in [3.8, 4) is 5.75 Å². The van der Waals surface area contributed by atoms with Gasteiger partial charge in [-0.25, -0.2) is 0 Å². The first kappa shape index (κ1) is 25.3. The van der Waals surface area contributed by atoms with Crippen molar-refractivity contribution in [1.82, 2.24) is 4.90 Å². The van der Waals surface area contributed by atoms with Crippen LogP contribution in [0, 0.1) is 0 Å². The molecule has 8 nitrogen and oxygen atoms in total. The summed E-state index contributed by atoms with van der Waals surface area (Å²) in [6, 6.07) is 12.0. The molecule has 34 heavy (non-hydrogen) atoms. The van der Waals surface area contributed by atoms with Crippen molar-refractivity contribution in [1.29, 1.82) is 0 Å². The molecule has 1 atom stereocenters. The van der Waals surface area contributed by atoms with E-state index in [0.717, 1.165) is 11.8 Å². The molecular weight excluding hydrogens is 456 g/mol. The molecule has 0 aromatic heterocycles. The van der Waals surface area contributed by atoms with Gasteiger partial charge in [-0.2, -0.15) is 0 Å². The minimum atomic E-state index is -1.69. The summed E-state index contributed by atoms with van der Waals surface area (Å²) in [5, 5.41) is 0.